The van der Waals surface area contributed by atoms with E-state index < -0.39 is 40.1 Å². The summed E-state index contributed by atoms with van der Waals surface area (Å²) in [6.07, 6.45) is 0.252. The molecule has 3 saturated carbocycles. The smallest absolute Gasteiger partial charge is 0.414 e. The fraction of sp³-hybridized carbons (Fsp3) is 0.692. The minimum atomic E-state index is -2.15. The minimum Gasteiger partial charge on any atom is -0.495 e. The molecule has 1 N–H and O–H groups in total. The van der Waals surface area contributed by atoms with Crippen LogP contribution in [-0.2, 0) is 29.2 Å². The lowest BCUT2D eigenvalue weighted by Crippen LogP contribution is -2.95. The normalized spacial score (nSPS) is 44.9. The first-order valence-corrected chi connectivity index (χ1v) is 12.7. The van der Waals surface area contributed by atoms with Crippen LogP contribution in [0.3, 0.4) is 0 Å². The van der Waals surface area contributed by atoms with Crippen LogP contribution in [0, 0.1) is 5.41 Å². The van der Waals surface area contributed by atoms with Crippen LogP contribution in [-0.4, -0.2) is 92.2 Å². The number of benzene rings is 1. The maximum absolute atomic E-state index is 13.9. The summed E-state index contributed by atoms with van der Waals surface area (Å²) in [6.45, 7) is 3.20. The van der Waals surface area contributed by atoms with Crippen LogP contribution in [0.4, 0.5) is 10.5 Å². The van der Waals surface area contributed by atoms with Crippen molar-refractivity contribution in [2.24, 2.45) is 5.41 Å². The molecule has 5 bridgehead atoms. The van der Waals surface area contributed by atoms with Crippen molar-refractivity contribution in [3.63, 3.8) is 0 Å². The number of esters is 1. The number of ether oxygens (including phenoxy) is 5. The number of carbonyl (C=O) groups excluding carboxylic acids is 2. The fourth-order valence-electron chi connectivity index (χ4n) is 9.74. The van der Waals surface area contributed by atoms with Gasteiger partial charge in [0.05, 0.1) is 33.1 Å². The van der Waals surface area contributed by atoms with Crippen LogP contribution in [0.25, 0.3) is 0 Å². The van der Waals surface area contributed by atoms with Crippen molar-refractivity contribution in [2.75, 3.05) is 39.4 Å². The van der Waals surface area contributed by atoms with Gasteiger partial charge in [-0.2, -0.15) is 0 Å². The molecule has 1 aromatic carbocycles. The number of methoxy groups -OCH3 is 3. The lowest BCUT2D eigenvalue weighted by atomic mass is 9.35. The van der Waals surface area contributed by atoms with Gasteiger partial charge in [0, 0.05) is 36.4 Å². The van der Waals surface area contributed by atoms with Gasteiger partial charge in [-0.25, -0.2) is 9.59 Å². The molecule has 3 spiro atoms. The molecule has 8 aliphatic rings. The van der Waals surface area contributed by atoms with Gasteiger partial charge >= 0.3 is 12.1 Å². The van der Waals surface area contributed by atoms with E-state index in [0.717, 1.165) is 5.56 Å². The standard InChI is InChI=1S/C26H32N2O8/c1-5-35-16-13-17-27-12-11-24-14-7-6-8-15(32-2)18(14)28(22(30)34-4)25(24)10-9-23(16,19(24)27)20(36-17)26(25,31)21(29)33-3/h6-8,16-17,19-20,31H,5,9-13H2,1-4H3/t16-,17-,19-,20+,23+,24+,25-,26+/m0/s1. The first-order chi connectivity index (χ1) is 17.3. The molecule has 5 aliphatic heterocycles. The number of anilines is 1. The third-order valence-corrected chi connectivity index (χ3v) is 10.4. The Labute approximate surface area is 209 Å². The van der Waals surface area contributed by atoms with Crippen molar-refractivity contribution < 1.29 is 38.4 Å². The fourth-order valence-corrected chi connectivity index (χ4v) is 9.74. The summed E-state index contributed by atoms with van der Waals surface area (Å²) in [5.74, 6) is -0.309. The average molecular weight is 501 g/mol. The van der Waals surface area contributed by atoms with Crippen LogP contribution in [0.5, 0.6) is 5.75 Å². The minimum absolute atomic E-state index is 0.0988. The van der Waals surface area contributed by atoms with E-state index in [-0.39, 0.29) is 18.4 Å². The molecule has 9 rings (SSSR count). The van der Waals surface area contributed by atoms with Gasteiger partial charge < -0.3 is 28.8 Å². The first-order valence-electron chi connectivity index (χ1n) is 12.7. The lowest BCUT2D eigenvalue weighted by molar-refractivity contribution is -0.393. The topological polar surface area (TPSA) is 107 Å². The quantitative estimate of drug-likeness (QED) is 0.617. The number of aliphatic hydroxyl groups is 1. The molecule has 3 aliphatic carbocycles. The Kier molecular flexibility index (Phi) is 4.38. The molecular formula is C26H32N2O8. The predicted molar refractivity (Wildman–Crippen MR) is 125 cm³/mol. The summed E-state index contributed by atoms with van der Waals surface area (Å²) in [6, 6.07) is 5.62. The molecule has 4 saturated heterocycles. The second-order valence-corrected chi connectivity index (χ2v) is 10.9. The molecule has 0 aromatic heterocycles. The van der Waals surface area contributed by atoms with E-state index >= 15 is 0 Å². The van der Waals surface area contributed by atoms with Gasteiger partial charge in [-0.05, 0) is 37.8 Å². The van der Waals surface area contributed by atoms with Crippen LogP contribution < -0.4 is 9.64 Å². The van der Waals surface area contributed by atoms with Gasteiger partial charge in [0.25, 0.3) is 0 Å². The van der Waals surface area contributed by atoms with Gasteiger partial charge in [-0.1, -0.05) is 12.1 Å². The Balaban J connectivity index is 1.63. The zero-order valence-corrected chi connectivity index (χ0v) is 21.0. The Morgan fingerprint density at radius 1 is 1.17 bits per heavy atom. The third kappa shape index (κ3) is 1.94. The molecule has 8 atom stereocenters. The number of piperidine rings is 1. The van der Waals surface area contributed by atoms with Crippen LogP contribution in [0.15, 0.2) is 18.2 Å². The number of amides is 1. The number of hydrogen-bond acceptors (Lipinski definition) is 9. The Hall–Kier alpha value is -2.40. The Morgan fingerprint density at radius 2 is 1.97 bits per heavy atom. The number of fused-ring (bicyclic) bond motifs is 3. The van der Waals surface area contributed by atoms with Gasteiger partial charge in [-0.15, -0.1) is 0 Å². The van der Waals surface area contributed by atoms with E-state index in [1.54, 1.807) is 13.2 Å². The highest BCUT2D eigenvalue weighted by molar-refractivity contribution is 6.01. The van der Waals surface area contributed by atoms with Crippen molar-refractivity contribution >= 4 is 17.7 Å². The van der Waals surface area contributed by atoms with E-state index in [1.165, 1.54) is 19.1 Å². The molecule has 10 heteroatoms. The second-order valence-electron chi connectivity index (χ2n) is 10.9. The molecule has 0 unspecified atom stereocenters. The van der Waals surface area contributed by atoms with E-state index in [4.69, 9.17) is 23.7 Å². The molecule has 1 amide bonds. The highest BCUT2D eigenvalue weighted by Gasteiger charge is 2.94. The van der Waals surface area contributed by atoms with Crippen molar-refractivity contribution in [1.29, 1.82) is 0 Å². The van der Waals surface area contributed by atoms with E-state index in [1.807, 2.05) is 19.1 Å². The van der Waals surface area contributed by atoms with Crippen LogP contribution >= 0.6 is 0 Å². The summed E-state index contributed by atoms with van der Waals surface area (Å²) in [7, 11) is 4.14. The summed E-state index contributed by atoms with van der Waals surface area (Å²) in [5, 5.41) is 12.9. The number of nitrogens with zero attached hydrogens (tertiary/aromatic N) is 2. The Morgan fingerprint density at radius 3 is 2.67 bits per heavy atom. The predicted octanol–water partition coefficient (Wildman–Crippen LogP) is 1.56. The summed E-state index contributed by atoms with van der Waals surface area (Å²) < 4.78 is 29.4. The Bertz CT molecular complexity index is 1180. The maximum atomic E-state index is 13.9. The highest BCUT2D eigenvalue weighted by Crippen LogP contribution is 2.80. The van der Waals surface area contributed by atoms with Gasteiger partial charge in [0.15, 0.2) is 0 Å². The largest absolute Gasteiger partial charge is 0.495 e. The molecule has 194 valence electrons. The zero-order valence-electron chi connectivity index (χ0n) is 21.0. The van der Waals surface area contributed by atoms with Gasteiger partial charge in [0.1, 0.15) is 23.6 Å². The number of hydrogen-bond donors (Lipinski definition) is 1. The summed E-state index contributed by atoms with van der Waals surface area (Å²) in [4.78, 5) is 31.5. The van der Waals surface area contributed by atoms with Crippen LogP contribution in [0.2, 0.25) is 0 Å². The molecular weight excluding hydrogens is 468 g/mol. The summed E-state index contributed by atoms with van der Waals surface area (Å²) in [5.41, 5.74) is -3.54. The van der Waals surface area contributed by atoms with E-state index in [0.29, 0.717) is 50.3 Å². The molecule has 36 heavy (non-hydrogen) atoms. The highest BCUT2D eigenvalue weighted by atomic mass is 16.6. The number of para-hydroxylation sites is 1. The number of rotatable bonds is 4. The summed E-state index contributed by atoms with van der Waals surface area (Å²) >= 11 is 0. The van der Waals surface area contributed by atoms with Crippen molar-refractivity contribution in [1.82, 2.24) is 4.90 Å². The molecule has 1 aromatic rings. The van der Waals surface area contributed by atoms with Crippen LogP contribution in [0.1, 0.15) is 38.2 Å². The third-order valence-electron chi connectivity index (χ3n) is 10.4. The molecule has 0 radical (unpaired) electrons. The number of carbonyl (C=O) groups is 2. The monoisotopic (exact) mass is 500 g/mol. The first kappa shape index (κ1) is 22.8. The molecule has 10 nitrogen and oxygen atoms in total. The van der Waals surface area contributed by atoms with Crippen molar-refractivity contribution in [3.8, 4) is 5.75 Å². The van der Waals surface area contributed by atoms with Gasteiger partial charge in [-0.3, -0.25) is 9.80 Å². The maximum Gasteiger partial charge on any atom is 0.414 e. The molecule has 7 fully saturated rings. The average Bonchev–Trinajstić information content (AvgIpc) is 3.45. The van der Waals surface area contributed by atoms with E-state index in [9.17, 15) is 14.7 Å². The van der Waals surface area contributed by atoms with Gasteiger partial charge in [0.2, 0.25) is 5.60 Å². The second kappa shape index (κ2) is 6.92. The van der Waals surface area contributed by atoms with Crippen molar-refractivity contribution in [2.45, 2.75) is 73.6 Å². The zero-order chi connectivity index (χ0) is 25.3. The lowest BCUT2D eigenvalue weighted by Gasteiger charge is -2.78. The van der Waals surface area contributed by atoms with E-state index in [2.05, 4.69) is 4.90 Å². The SMILES string of the molecule is CCO[C@H]1C[C@@H]2O[C@@H]3[C@]14CC[C@@]1(N(C(=O)OC)c5c(OC)cccc5[C@@]15CCN2[C@@H]45)[C@]3(O)C(=O)OC. The van der Waals surface area contributed by atoms with Crippen molar-refractivity contribution in [3.05, 3.63) is 23.8 Å². The molecule has 5 heterocycles.